The molecule has 2 aromatic rings. The maximum absolute atomic E-state index is 12.9. The molecular formula is C16H18BrN3O. The zero-order valence-electron chi connectivity index (χ0n) is 12.0. The number of aromatic nitrogens is 2. The molecule has 4 nitrogen and oxygen atoms in total. The van der Waals surface area contributed by atoms with E-state index < -0.39 is 0 Å². The number of pyridine rings is 1. The number of halogens is 1. The molecule has 0 atom stereocenters. The first-order chi connectivity index (χ1) is 10.2. The molecule has 0 saturated heterocycles. The average molecular weight is 348 g/mol. The highest BCUT2D eigenvalue weighted by Gasteiger charge is 2.34. The van der Waals surface area contributed by atoms with Crippen molar-refractivity contribution in [3.8, 4) is 0 Å². The summed E-state index contributed by atoms with van der Waals surface area (Å²) >= 11 is 3.46. The Labute approximate surface area is 132 Å². The predicted octanol–water partition coefficient (Wildman–Crippen LogP) is 3.47. The van der Waals surface area contributed by atoms with Crippen LogP contribution in [-0.2, 0) is 13.1 Å². The standard InChI is InChI=1S/C16H18BrN3O/c1-2-19-11-13(17)9-15(19)16(21)20(14-3-4-14)10-12-5-7-18-8-6-12/h5-9,11,14H,2-4,10H2,1H3. The normalized spacial score (nSPS) is 14.2. The van der Waals surface area contributed by atoms with Gasteiger partial charge in [-0.1, -0.05) is 0 Å². The molecule has 1 aliphatic carbocycles. The fraction of sp³-hybridized carbons (Fsp3) is 0.375. The van der Waals surface area contributed by atoms with Crippen molar-refractivity contribution in [2.45, 2.75) is 38.9 Å². The molecule has 5 heteroatoms. The molecule has 110 valence electrons. The largest absolute Gasteiger partial charge is 0.343 e. The van der Waals surface area contributed by atoms with Gasteiger partial charge >= 0.3 is 0 Å². The summed E-state index contributed by atoms with van der Waals surface area (Å²) in [5.74, 6) is 0.113. The van der Waals surface area contributed by atoms with Crippen molar-refractivity contribution in [1.29, 1.82) is 0 Å². The molecule has 0 spiro atoms. The topological polar surface area (TPSA) is 38.1 Å². The highest BCUT2D eigenvalue weighted by atomic mass is 79.9. The highest BCUT2D eigenvalue weighted by Crippen LogP contribution is 2.30. The third-order valence-corrected chi connectivity index (χ3v) is 4.21. The van der Waals surface area contributed by atoms with Crippen LogP contribution in [0.1, 0.15) is 35.8 Å². The molecule has 0 unspecified atom stereocenters. The molecule has 1 saturated carbocycles. The Morgan fingerprint density at radius 1 is 1.43 bits per heavy atom. The van der Waals surface area contributed by atoms with E-state index in [1.807, 2.05) is 40.8 Å². The smallest absolute Gasteiger partial charge is 0.271 e. The number of carbonyl (C=O) groups is 1. The van der Waals surface area contributed by atoms with Gasteiger partial charge in [-0.25, -0.2) is 0 Å². The number of amides is 1. The number of carbonyl (C=O) groups excluding carboxylic acids is 1. The van der Waals surface area contributed by atoms with Gasteiger partial charge in [-0.15, -0.1) is 0 Å². The van der Waals surface area contributed by atoms with Gasteiger partial charge in [0.25, 0.3) is 5.91 Å². The Kier molecular flexibility index (Phi) is 4.10. The maximum Gasteiger partial charge on any atom is 0.271 e. The van der Waals surface area contributed by atoms with E-state index in [9.17, 15) is 4.79 Å². The molecule has 1 aliphatic rings. The summed E-state index contributed by atoms with van der Waals surface area (Å²) in [5, 5.41) is 0. The Hall–Kier alpha value is -1.62. The zero-order valence-corrected chi connectivity index (χ0v) is 13.6. The zero-order chi connectivity index (χ0) is 14.8. The molecular weight excluding hydrogens is 330 g/mol. The third kappa shape index (κ3) is 3.18. The van der Waals surface area contributed by atoms with Crippen LogP contribution < -0.4 is 0 Å². The van der Waals surface area contributed by atoms with E-state index in [0.717, 1.165) is 35.1 Å². The summed E-state index contributed by atoms with van der Waals surface area (Å²) < 4.78 is 2.95. The van der Waals surface area contributed by atoms with Gasteiger partial charge in [0.05, 0.1) is 0 Å². The van der Waals surface area contributed by atoms with E-state index in [1.165, 1.54) is 0 Å². The minimum Gasteiger partial charge on any atom is -0.343 e. The predicted molar refractivity (Wildman–Crippen MR) is 84.9 cm³/mol. The second-order valence-corrected chi connectivity index (χ2v) is 6.26. The van der Waals surface area contributed by atoms with Crippen molar-refractivity contribution in [2.24, 2.45) is 0 Å². The van der Waals surface area contributed by atoms with Gasteiger partial charge < -0.3 is 9.47 Å². The van der Waals surface area contributed by atoms with Crippen LogP contribution in [0, 0.1) is 0 Å². The average Bonchev–Trinajstić information content (AvgIpc) is 3.27. The van der Waals surface area contributed by atoms with Crippen LogP contribution in [0.2, 0.25) is 0 Å². The van der Waals surface area contributed by atoms with Crippen LogP contribution in [0.15, 0.2) is 41.3 Å². The minimum atomic E-state index is 0.113. The number of hydrogen-bond acceptors (Lipinski definition) is 2. The SMILES string of the molecule is CCn1cc(Br)cc1C(=O)N(Cc1ccncc1)C1CC1. The minimum absolute atomic E-state index is 0.113. The summed E-state index contributed by atoms with van der Waals surface area (Å²) in [6, 6.07) is 6.23. The fourth-order valence-corrected chi connectivity index (χ4v) is 2.96. The lowest BCUT2D eigenvalue weighted by atomic mass is 10.2. The number of hydrogen-bond donors (Lipinski definition) is 0. The summed E-state index contributed by atoms with van der Waals surface area (Å²) in [6.07, 6.45) is 7.72. The van der Waals surface area contributed by atoms with Crippen molar-refractivity contribution >= 4 is 21.8 Å². The maximum atomic E-state index is 12.9. The molecule has 2 aromatic heterocycles. The van der Waals surface area contributed by atoms with Crippen LogP contribution >= 0.6 is 15.9 Å². The Morgan fingerprint density at radius 2 is 2.14 bits per heavy atom. The highest BCUT2D eigenvalue weighted by molar-refractivity contribution is 9.10. The van der Waals surface area contributed by atoms with Crippen molar-refractivity contribution < 1.29 is 4.79 Å². The van der Waals surface area contributed by atoms with Gasteiger partial charge in [-0.3, -0.25) is 9.78 Å². The van der Waals surface area contributed by atoms with Gasteiger partial charge in [-0.05, 0) is 59.5 Å². The first-order valence-corrected chi connectivity index (χ1v) is 8.04. The van der Waals surface area contributed by atoms with Gasteiger partial charge in [0, 0.05) is 42.2 Å². The Balaban J connectivity index is 1.85. The lowest BCUT2D eigenvalue weighted by molar-refractivity contribution is 0.0719. The second-order valence-electron chi connectivity index (χ2n) is 5.35. The van der Waals surface area contributed by atoms with Crippen LogP contribution in [-0.4, -0.2) is 26.4 Å². The lowest BCUT2D eigenvalue weighted by Gasteiger charge is -2.23. The Bertz CT molecular complexity index is 634. The van der Waals surface area contributed by atoms with Crippen molar-refractivity contribution in [2.75, 3.05) is 0 Å². The summed E-state index contributed by atoms with van der Waals surface area (Å²) in [5.41, 5.74) is 1.88. The van der Waals surface area contributed by atoms with Crippen LogP contribution in [0.4, 0.5) is 0 Å². The summed E-state index contributed by atoms with van der Waals surface area (Å²) in [7, 11) is 0. The lowest BCUT2D eigenvalue weighted by Crippen LogP contribution is -2.33. The second kappa shape index (κ2) is 6.02. The summed E-state index contributed by atoms with van der Waals surface area (Å²) in [4.78, 5) is 18.9. The van der Waals surface area contributed by atoms with E-state index in [4.69, 9.17) is 0 Å². The number of nitrogens with zero attached hydrogens (tertiary/aromatic N) is 3. The molecule has 0 N–H and O–H groups in total. The Morgan fingerprint density at radius 3 is 2.76 bits per heavy atom. The number of rotatable bonds is 5. The van der Waals surface area contributed by atoms with E-state index in [2.05, 4.69) is 20.9 Å². The number of aryl methyl sites for hydroxylation is 1. The van der Waals surface area contributed by atoms with E-state index in [0.29, 0.717) is 12.6 Å². The van der Waals surface area contributed by atoms with Crippen LogP contribution in [0.5, 0.6) is 0 Å². The quantitative estimate of drug-likeness (QED) is 0.830. The molecule has 21 heavy (non-hydrogen) atoms. The van der Waals surface area contributed by atoms with E-state index >= 15 is 0 Å². The van der Waals surface area contributed by atoms with Gasteiger partial charge in [0.2, 0.25) is 0 Å². The van der Waals surface area contributed by atoms with Crippen molar-refractivity contribution in [3.05, 3.63) is 52.5 Å². The van der Waals surface area contributed by atoms with Crippen LogP contribution in [0.25, 0.3) is 0 Å². The third-order valence-electron chi connectivity index (χ3n) is 3.77. The molecule has 0 aliphatic heterocycles. The first-order valence-electron chi connectivity index (χ1n) is 7.24. The molecule has 1 amide bonds. The van der Waals surface area contributed by atoms with Gasteiger partial charge in [-0.2, -0.15) is 0 Å². The molecule has 0 aromatic carbocycles. The molecule has 2 heterocycles. The molecule has 3 rings (SSSR count). The van der Waals surface area contributed by atoms with E-state index in [-0.39, 0.29) is 5.91 Å². The van der Waals surface area contributed by atoms with Crippen molar-refractivity contribution in [3.63, 3.8) is 0 Å². The van der Waals surface area contributed by atoms with E-state index in [1.54, 1.807) is 12.4 Å². The van der Waals surface area contributed by atoms with Crippen molar-refractivity contribution in [1.82, 2.24) is 14.5 Å². The first kappa shape index (κ1) is 14.3. The van der Waals surface area contributed by atoms with Crippen LogP contribution in [0.3, 0.4) is 0 Å². The molecule has 0 bridgehead atoms. The molecule has 0 radical (unpaired) electrons. The van der Waals surface area contributed by atoms with Gasteiger partial charge in [0.15, 0.2) is 0 Å². The van der Waals surface area contributed by atoms with Gasteiger partial charge in [0.1, 0.15) is 5.69 Å². The summed E-state index contributed by atoms with van der Waals surface area (Å²) in [6.45, 7) is 3.49. The monoisotopic (exact) mass is 347 g/mol. The fourth-order valence-electron chi connectivity index (χ4n) is 2.50. The molecule has 1 fully saturated rings.